The highest BCUT2D eigenvalue weighted by Gasteiger charge is 2.30. The zero-order valence-electron chi connectivity index (χ0n) is 12.0. The van der Waals surface area contributed by atoms with E-state index in [4.69, 9.17) is 9.05 Å². The molecule has 1 unspecified atom stereocenters. The lowest BCUT2D eigenvalue weighted by atomic mass is 9.82. The molecule has 19 heavy (non-hydrogen) atoms. The van der Waals surface area contributed by atoms with E-state index in [0.717, 1.165) is 12.0 Å². The van der Waals surface area contributed by atoms with Gasteiger partial charge in [0.2, 0.25) is 0 Å². The lowest BCUT2D eigenvalue weighted by molar-refractivity contribution is 0.226. The van der Waals surface area contributed by atoms with Crippen LogP contribution >= 0.6 is 7.60 Å². The SMILES string of the molecule is C=C(C)[C@H]1CC/C(=C\P(=O)(OCC)OCC)C(F)C1. The Morgan fingerprint density at radius 2 is 2.05 bits per heavy atom. The normalized spacial score (nSPS) is 26.6. The molecular weight excluding hydrogens is 266 g/mol. The molecule has 5 heteroatoms. The van der Waals surface area contributed by atoms with Gasteiger partial charge in [0.05, 0.1) is 13.2 Å². The third-order valence-corrected chi connectivity index (χ3v) is 5.20. The maximum absolute atomic E-state index is 14.1. The zero-order chi connectivity index (χ0) is 14.5. The van der Waals surface area contributed by atoms with E-state index in [0.29, 0.717) is 18.4 Å². The Bertz CT molecular complexity index is 382. The molecule has 0 spiro atoms. The molecule has 0 saturated heterocycles. The number of halogens is 1. The number of hydrogen-bond donors (Lipinski definition) is 0. The predicted molar refractivity (Wildman–Crippen MR) is 76.0 cm³/mol. The molecule has 1 aliphatic carbocycles. The van der Waals surface area contributed by atoms with Crippen molar-refractivity contribution in [2.24, 2.45) is 5.92 Å². The molecule has 0 radical (unpaired) electrons. The van der Waals surface area contributed by atoms with E-state index in [1.165, 1.54) is 5.82 Å². The number of rotatable bonds is 6. The van der Waals surface area contributed by atoms with Crippen LogP contribution in [0.15, 0.2) is 23.5 Å². The molecule has 0 aliphatic heterocycles. The van der Waals surface area contributed by atoms with Gasteiger partial charge in [-0.2, -0.15) is 0 Å². The minimum atomic E-state index is -3.29. The Balaban J connectivity index is 2.81. The monoisotopic (exact) mass is 290 g/mol. The Labute approximate surface area is 115 Å². The first-order chi connectivity index (χ1) is 8.91. The Morgan fingerprint density at radius 3 is 2.47 bits per heavy atom. The van der Waals surface area contributed by atoms with Crippen molar-refractivity contribution in [1.29, 1.82) is 0 Å². The van der Waals surface area contributed by atoms with Gasteiger partial charge in [0.1, 0.15) is 6.17 Å². The van der Waals surface area contributed by atoms with Crippen molar-refractivity contribution >= 4 is 7.60 Å². The highest BCUT2D eigenvalue weighted by Crippen LogP contribution is 2.52. The maximum Gasteiger partial charge on any atom is 0.354 e. The van der Waals surface area contributed by atoms with Gasteiger partial charge < -0.3 is 9.05 Å². The lowest BCUT2D eigenvalue weighted by Crippen LogP contribution is -2.19. The molecule has 0 aromatic carbocycles. The fraction of sp³-hybridized carbons (Fsp3) is 0.714. The average Bonchev–Trinajstić information content (AvgIpc) is 2.32. The summed E-state index contributed by atoms with van der Waals surface area (Å²) in [5.74, 6) is 1.60. The van der Waals surface area contributed by atoms with E-state index >= 15 is 0 Å². The summed E-state index contributed by atoms with van der Waals surface area (Å²) in [6, 6.07) is 0. The van der Waals surface area contributed by atoms with Crippen LogP contribution in [-0.4, -0.2) is 19.4 Å². The topological polar surface area (TPSA) is 35.5 Å². The summed E-state index contributed by atoms with van der Waals surface area (Å²) in [5, 5.41) is 0. The minimum Gasteiger partial charge on any atom is -0.306 e. The molecular formula is C14H24FO3P. The van der Waals surface area contributed by atoms with Crippen LogP contribution in [-0.2, 0) is 13.6 Å². The van der Waals surface area contributed by atoms with Crippen LogP contribution < -0.4 is 0 Å². The molecule has 1 saturated carbocycles. The second kappa shape index (κ2) is 7.37. The minimum absolute atomic E-state index is 0.214. The Hall–Kier alpha value is -0.440. The molecule has 0 bridgehead atoms. The number of allylic oxidation sites excluding steroid dienone is 2. The van der Waals surface area contributed by atoms with Crippen LogP contribution in [0.2, 0.25) is 0 Å². The Kier molecular flexibility index (Phi) is 6.45. The first kappa shape index (κ1) is 16.6. The quantitative estimate of drug-likeness (QED) is 0.518. The third-order valence-electron chi connectivity index (χ3n) is 3.31. The van der Waals surface area contributed by atoms with Gasteiger partial charge in [-0.05, 0) is 51.5 Å². The molecule has 1 rings (SSSR count). The van der Waals surface area contributed by atoms with Crippen LogP contribution in [0.4, 0.5) is 4.39 Å². The summed E-state index contributed by atoms with van der Waals surface area (Å²) in [5.41, 5.74) is 1.56. The van der Waals surface area contributed by atoms with Crippen molar-refractivity contribution < 1.29 is 18.0 Å². The van der Waals surface area contributed by atoms with E-state index < -0.39 is 13.8 Å². The smallest absolute Gasteiger partial charge is 0.306 e. The fourth-order valence-corrected chi connectivity index (χ4v) is 3.92. The third kappa shape index (κ3) is 4.87. The van der Waals surface area contributed by atoms with E-state index in [2.05, 4.69) is 6.58 Å². The number of alkyl halides is 1. The van der Waals surface area contributed by atoms with Crippen LogP contribution in [0, 0.1) is 5.92 Å². The molecule has 0 N–H and O–H groups in total. The first-order valence-electron chi connectivity index (χ1n) is 6.81. The standard InChI is InChI=1S/C14H24FO3P/c1-5-17-19(16,18-6-2)10-13-8-7-12(11(3)4)9-14(13)15/h10,12,14H,3,5-9H2,1-2,4H3/b13-10+/t12-,14?/m0/s1. The second-order valence-electron chi connectivity index (χ2n) is 4.86. The van der Waals surface area contributed by atoms with Crippen molar-refractivity contribution in [1.82, 2.24) is 0 Å². The van der Waals surface area contributed by atoms with E-state index in [1.54, 1.807) is 13.8 Å². The maximum atomic E-state index is 14.1. The molecule has 0 amide bonds. The highest BCUT2D eigenvalue weighted by atomic mass is 31.2. The van der Waals surface area contributed by atoms with Gasteiger partial charge >= 0.3 is 7.60 Å². The molecule has 1 aliphatic rings. The second-order valence-corrected chi connectivity index (χ2v) is 6.72. The van der Waals surface area contributed by atoms with Gasteiger partial charge in [-0.1, -0.05) is 12.2 Å². The van der Waals surface area contributed by atoms with Gasteiger partial charge in [-0.25, -0.2) is 4.39 Å². The van der Waals surface area contributed by atoms with Crippen molar-refractivity contribution in [3.8, 4) is 0 Å². The average molecular weight is 290 g/mol. The highest BCUT2D eigenvalue weighted by molar-refractivity contribution is 7.57. The van der Waals surface area contributed by atoms with Gasteiger partial charge in [-0.3, -0.25) is 4.57 Å². The zero-order valence-corrected chi connectivity index (χ0v) is 12.9. The molecule has 0 heterocycles. The first-order valence-corrected chi connectivity index (χ1v) is 8.43. The van der Waals surface area contributed by atoms with E-state index in [9.17, 15) is 8.96 Å². The lowest BCUT2D eigenvalue weighted by Gasteiger charge is -2.28. The largest absolute Gasteiger partial charge is 0.354 e. The summed E-state index contributed by atoms with van der Waals surface area (Å²) < 4.78 is 36.8. The predicted octanol–water partition coefficient (Wildman–Crippen LogP) is 4.85. The molecule has 3 nitrogen and oxygen atoms in total. The van der Waals surface area contributed by atoms with Gasteiger partial charge in [0, 0.05) is 5.82 Å². The summed E-state index contributed by atoms with van der Waals surface area (Å²) in [6.45, 7) is 9.87. The van der Waals surface area contributed by atoms with Gasteiger partial charge in [-0.15, -0.1) is 0 Å². The summed E-state index contributed by atoms with van der Waals surface area (Å²) in [6.07, 6.45) is 0.770. The van der Waals surface area contributed by atoms with Crippen molar-refractivity contribution in [3.05, 3.63) is 23.5 Å². The van der Waals surface area contributed by atoms with Crippen molar-refractivity contribution in [2.75, 3.05) is 13.2 Å². The molecule has 2 atom stereocenters. The van der Waals surface area contributed by atoms with Crippen LogP contribution in [0.1, 0.15) is 40.0 Å². The van der Waals surface area contributed by atoms with Crippen LogP contribution in [0.25, 0.3) is 0 Å². The van der Waals surface area contributed by atoms with Crippen LogP contribution in [0.3, 0.4) is 0 Å². The fourth-order valence-electron chi connectivity index (χ4n) is 2.28. The van der Waals surface area contributed by atoms with Gasteiger partial charge in [0.15, 0.2) is 0 Å². The molecule has 0 aromatic heterocycles. The van der Waals surface area contributed by atoms with Crippen LogP contribution in [0.5, 0.6) is 0 Å². The summed E-state index contributed by atoms with van der Waals surface area (Å²) in [4.78, 5) is 0. The summed E-state index contributed by atoms with van der Waals surface area (Å²) >= 11 is 0. The number of hydrogen-bond acceptors (Lipinski definition) is 3. The van der Waals surface area contributed by atoms with E-state index in [1.807, 2.05) is 6.92 Å². The molecule has 0 aromatic rings. The van der Waals surface area contributed by atoms with Crippen molar-refractivity contribution in [3.63, 3.8) is 0 Å². The molecule has 110 valence electrons. The van der Waals surface area contributed by atoms with Gasteiger partial charge in [0.25, 0.3) is 0 Å². The van der Waals surface area contributed by atoms with E-state index in [-0.39, 0.29) is 19.1 Å². The summed E-state index contributed by atoms with van der Waals surface area (Å²) in [7, 11) is -3.29. The van der Waals surface area contributed by atoms with Crippen molar-refractivity contribution in [2.45, 2.75) is 46.2 Å². The Morgan fingerprint density at radius 1 is 1.47 bits per heavy atom. The molecule has 1 fully saturated rings.